The number of carboxylic acid groups (broad SMARTS) is 1. The third-order valence-electron chi connectivity index (χ3n) is 9.41. The van der Waals surface area contributed by atoms with E-state index in [0.717, 1.165) is 19.3 Å². The fourth-order valence-corrected chi connectivity index (χ4v) is 7.63. The van der Waals surface area contributed by atoms with E-state index in [9.17, 15) is 14.4 Å². The molecule has 0 aromatic carbocycles. The van der Waals surface area contributed by atoms with E-state index in [0.29, 0.717) is 60.9 Å². The number of Topliss-reactive ketones (excluding diaryl/α,β-unsaturated/α-hetero) is 2. The number of carbonyl (C=O) groups is 3. The first-order valence-electron chi connectivity index (χ1n) is 11.1. The Morgan fingerprint density at radius 2 is 1.93 bits per heavy atom. The Kier molecular flexibility index (Phi) is 4.83. The molecule has 4 rings (SSSR count). The Labute approximate surface area is 168 Å². The molecule has 0 aromatic heterocycles. The third kappa shape index (κ3) is 2.81. The number of hydrogen-bond donors (Lipinski definition) is 1. The molecule has 4 heteroatoms. The van der Waals surface area contributed by atoms with Gasteiger partial charge in [-0.1, -0.05) is 32.9 Å². The molecule has 3 fully saturated rings. The summed E-state index contributed by atoms with van der Waals surface area (Å²) in [5, 5.41) is 9.07. The van der Waals surface area contributed by atoms with Gasteiger partial charge in [-0.25, -0.2) is 0 Å². The van der Waals surface area contributed by atoms with Crippen molar-refractivity contribution in [1.82, 2.24) is 0 Å². The normalized spacial score (nSPS) is 45.9. The van der Waals surface area contributed by atoms with E-state index in [4.69, 9.17) is 5.11 Å². The van der Waals surface area contributed by atoms with Gasteiger partial charge in [0, 0.05) is 31.1 Å². The van der Waals surface area contributed by atoms with Gasteiger partial charge < -0.3 is 5.11 Å². The third-order valence-corrected chi connectivity index (χ3v) is 9.41. The predicted molar refractivity (Wildman–Crippen MR) is 107 cm³/mol. The van der Waals surface area contributed by atoms with Crippen LogP contribution in [-0.4, -0.2) is 22.6 Å². The summed E-state index contributed by atoms with van der Waals surface area (Å²) in [6.07, 6.45) is 10.4. The van der Waals surface area contributed by atoms with E-state index in [2.05, 4.69) is 32.9 Å². The van der Waals surface area contributed by atoms with E-state index < -0.39 is 5.97 Å². The number of ketones is 2. The first-order chi connectivity index (χ1) is 13.2. The number of allylic oxidation sites excluding steroid dienone is 2. The lowest BCUT2D eigenvalue weighted by Crippen LogP contribution is -2.55. The Bertz CT molecular complexity index is 724. The topological polar surface area (TPSA) is 71.4 Å². The zero-order chi connectivity index (χ0) is 20.3. The number of carbonyl (C=O) groups excluding carboxylic acids is 2. The average molecular weight is 387 g/mol. The Hall–Kier alpha value is -1.45. The minimum absolute atomic E-state index is 0.0668. The molecule has 0 bridgehead atoms. The van der Waals surface area contributed by atoms with Crippen LogP contribution in [0.2, 0.25) is 0 Å². The summed E-state index contributed by atoms with van der Waals surface area (Å²) in [6, 6.07) is 0. The van der Waals surface area contributed by atoms with Crippen LogP contribution in [0.4, 0.5) is 0 Å². The first-order valence-corrected chi connectivity index (χ1v) is 11.1. The molecule has 0 heterocycles. The van der Waals surface area contributed by atoms with Gasteiger partial charge in [0.25, 0.3) is 0 Å². The van der Waals surface area contributed by atoms with Gasteiger partial charge in [0.15, 0.2) is 0 Å². The standard InChI is InChI=1S/C24H34O4/c1-14(4-9-22(27)28)18-7-8-19-17-6-5-15-12-16(25)10-11-23(15,2)20(17)13-21(26)24(18,19)3/h5-6,14-15,17-20H,4,7-13H2,1-3H3,(H,27,28)/t14-,15-,17+,18-,19+,20+,23+,24-/m1/s1. The monoisotopic (exact) mass is 386 g/mol. The van der Waals surface area contributed by atoms with Crippen molar-refractivity contribution in [3.8, 4) is 0 Å². The lowest BCUT2D eigenvalue weighted by Gasteiger charge is -2.57. The van der Waals surface area contributed by atoms with E-state index in [-0.39, 0.29) is 29.1 Å². The molecule has 4 aliphatic rings. The molecule has 0 spiro atoms. The zero-order valence-electron chi connectivity index (χ0n) is 17.4. The van der Waals surface area contributed by atoms with Crippen LogP contribution in [0, 0.1) is 46.3 Å². The molecular formula is C24H34O4. The highest BCUT2D eigenvalue weighted by molar-refractivity contribution is 5.87. The first kappa shape index (κ1) is 19.8. The zero-order valence-corrected chi connectivity index (χ0v) is 17.4. The quantitative estimate of drug-likeness (QED) is 0.713. The van der Waals surface area contributed by atoms with Crippen LogP contribution in [0.15, 0.2) is 12.2 Å². The largest absolute Gasteiger partial charge is 0.481 e. The van der Waals surface area contributed by atoms with Crippen LogP contribution >= 0.6 is 0 Å². The van der Waals surface area contributed by atoms with Crippen molar-refractivity contribution in [2.75, 3.05) is 0 Å². The van der Waals surface area contributed by atoms with E-state index in [1.54, 1.807) is 0 Å². The molecule has 4 nitrogen and oxygen atoms in total. The van der Waals surface area contributed by atoms with Crippen LogP contribution in [0.3, 0.4) is 0 Å². The molecule has 0 saturated heterocycles. The van der Waals surface area contributed by atoms with Crippen molar-refractivity contribution in [3.05, 3.63) is 12.2 Å². The molecule has 28 heavy (non-hydrogen) atoms. The van der Waals surface area contributed by atoms with Crippen LogP contribution in [0.5, 0.6) is 0 Å². The van der Waals surface area contributed by atoms with E-state index in [1.807, 2.05) is 0 Å². The molecule has 1 N–H and O–H groups in total. The second kappa shape index (κ2) is 6.81. The van der Waals surface area contributed by atoms with Crippen molar-refractivity contribution in [1.29, 1.82) is 0 Å². The van der Waals surface area contributed by atoms with Crippen molar-refractivity contribution in [3.63, 3.8) is 0 Å². The smallest absolute Gasteiger partial charge is 0.303 e. The highest BCUT2D eigenvalue weighted by Gasteiger charge is 2.63. The molecular weight excluding hydrogens is 352 g/mol. The number of aliphatic carboxylic acids is 1. The van der Waals surface area contributed by atoms with Crippen LogP contribution in [0.1, 0.15) is 72.1 Å². The summed E-state index contributed by atoms with van der Waals surface area (Å²) < 4.78 is 0. The molecule has 154 valence electrons. The summed E-state index contributed by atoms with van der Waals surface area (Å²) in [5.41, 5.74) is -0.256. The number of carboxylic acids is 1. The number of rotatable bonds is 4. The summed E-state index contributed by atoms with van der Waals surface area (Å²) >= 11 is 0. The molecule has 0 unspecified atom stereocenters. The highest BCUT2D eigenvalue weighted by Crippen LogP contribution is 2.65. The van der Waals surface area contributed by atoms with Crippen LogP contribution in [0.25, 0.3) is 0 Å². The van der Waals surface area contributed by atoms with Crippen molar-refractivity contribution >= 4 is 17.5 Å². The molecule has 8 atom stereocenters. The summed E-state index contributed by atoms with van der Waals surface area (Å²) in [6.45, 7) is 6.64. The molecule has 3 saturated carbocycles. The number of hydrogen-bond acceptors (Lipinski definition) is 3. The average Bonchev–Trinajstić information content (AvgIpc) is 3.00. The molecule has 0 amide bonds. The Balaban J connectivity index is 1.62. The second-order valence-corrected chi connectivity index (χ2v) is 10.5. The van der Waals surface area contributed by atoms with E-state index >= 15 is 0 Å². The lowest BCUT2D eigenvalue weighted by atomic mass is 9.46. The van der Waals surface area contributed by atoms with Crippen molar-refractivity contribution in [2.45, 2.75) is 72.1 Å². The SMILES string of the molecule is C[C@H](CCC(=O)O)[C@H]1CC[C@H]2[C@@H]3C=C[C@@H]4CC(=O)CC[C@]4(C)[C@H]3CC(=O)[C@]12C. The number of fused-ring (bicyclic) bond motifs is 5. The molecule has 0 radical (unpaired) electrons. The van der Waals surface area contributed by atoms with Gasteiger partial charge in [-0.05, 0) is 66.6 Å². The van der Waals surface area contributed by atoms with Gasteiger partial charge in [0.05, 0.1) is 0 Å². The van der Waals surface area contributed by atoms with Crippen molar-refractivity contribution in [2.24, 2.45) is 46.3 Å². The fourth-order valence-electron chi connectivity index (χ4n) is 7.63. The molecule has 0 aliphatic heterocycles. The van der Waals surface area contributed by atoms with Gasteiger partial charge in [0.2, 0.25) is 0 Å². The predicted octanol–water partition coefficient (Wildman–Crippen LogP) is 4.67. The molecule has 4 aliphatic carbocycles. The van der Waals surface area contributed by atoms with Crippen molar-refractivity contribution < 1.29 is 19.5 Å². The summed E-state index contributed by atoms with van der Waals surface area (Å²) in [4.78, 5) is 36.6. The van der Waals surface area contributed by atoms with Gasteiger partial charge in [-0.15, -0.1) is 0 Å². The Morgan fingerprint density at radius 3 is 2.64 bits per heavy atom. The molecule has 0 aromatic rings. The maximum atomic E-state index is 13.6. The van der Waals surface area contributed by atoms with Gasteiger partial charge in [-0.2, -0.15) is 0 Å². The minimum Gasteiger partial charge on any atom is -0.481 e. The summed E-state index contributed by atoms with van der Waals surface area (Å²) in [7, 11) is 0. The van der Waals surface area contributed by atoms with Gasteiger partial charge >= 0.3 is 5.97 Å². The summed E-state index contributed by atoms with van der Waals surface area (Å²) in [5.74, 6) is 2.00. The van der Waals surface area contributed by atoms with Crippen LogP contribution in [-0.2, 0) is 14.4 Å². The highest BCUT2D eigenvalue weighted by atomic mass is 16.4. The van der Waals surface area contributed by atoms with Crippen LogP contribution < -0.4 is 0 Å². The fraction of sp³-hybridized carbons (Fsp3) is 0.792. The minimum atomic E-state index is -0.748. The van der Waals surface area contributed by atoms with Gasteiger partial charge in [-0.3, -0.25) is 14.4 Å². The maximum Gasteiger partial charge on any atom is 0.303 e. The maximum absolute atomic E-state index is 13.6. The second-order valence-electron chi connectivity index (χ2n) is 10.5. The van der Waals surface area contributed by atoms with Gasteiger partial charge in [0.1, 0.15) is 11.6 Å². The van der Waals surface area contributed by atoms with E-state index in [1.165, 1.54) is 0 Å². The lowest BCUT2D eigenvalue weighted by molar-refractivity contribution is -0.149. The Morgan fingerprint density at radius 1 is 1.18 bits per heavy atom.